The molecule has 0 atom stereocenters. The first-order valence-electron chi connectivity index (χ1n) is 10.2. The van der Waals surface area contributed by atoms with Gasteiger partial charge in [-0.2, -0.15) is 5.10 Å². The molecule has 0 bridgehead atoms. The number of nitrogens with zero attached hydrogens (tertiary/aromatic N) is 1. The molecule has 0 fully saturated rings. The van der Waals surface area contributed by atoms with E-state index < -0.39 is 11.9 Å². The monoisotopic (exact) mass is 541 g/mol. The van der Waals surface area contributed by atoms with Crippen molar-refractivity contribution in [3.63, 3.8) is 0 Å². The smallest absolute Gasteiger partial charge is 0.343 e. The fraction of sp³-hybridized carbons (Fsp3) is 0.120. The largest absolute Gasteiger partial charge is 0.422 e. The summed E-state index contributed by atoms with van der Waals surface area (Å²) in [5.74, 6) is -1.02. The second kappa shape index (κ2) is 11.6. The highest BCUT2D eigenvalue weighted by molar-refractivity contribution is 9.10. The minimum absolute atomic E-state index is 0.111. The molecule has 0 aromatic heterocycles. The summed E-state index contributed by atoms with van der Waals surface area (Å²) in [4.78, 5) is 36.6. The Morgan fingerprint density at radius 2 is 1.62 bits per heavy atom. The fourth-order valence-electron chi connectivity index (χ4n) is 2.67. The molecule has 0 aliphatic rings. The highest BCUT2D eigenvalue weighted by atomic mass is 79.9. The molecule has 3 rings (SSSR count). The molecule has 174 valence electrons. The van der Waals surface area contributed by atoms with Gasteiger partial charge in [0.05, 0.1) is 11.8 Å². The molecule has 3 aromatic rings. The molecule has 0 unspecified atom stereocenters. The first kappa shape index (κ1) is 25.1. The van der Waals surface area contributed by atoms with Crippen LogP contribution < -0.4 is 15.5 Å². The van der Waals surface area contributed by atoms with Gasteiger partial charge >= 0.3 is 5.97 Å². The van der Waals surface area contributed by atoms with Crippen LogP contribution in [0.4, 0.5) is 5.69 Å². The molecule has 0 aliphatic carbocycles. The van der Waals surface area contributed by atoms with E-state index in [0.29, 0.717) is 27.4 Å². The number of hydrazone groups is 1. The summed E-state index contributed by atoms with van der Waals surface area (Å²) < 4.78 is 6.32. The van der Waals surface area contributed by atoms with Gasteiger partial charge in [-0.05, 0) is 66.7 Å². The van der Waals surface area contributed by atoms with Gasteiger partial charge in [0.25, 0.3) is 5.91 Å². The highest BCUT2D eigenvalue weighted by Gasteiger charge is 2.12. The molecule has 0 spiro atoms. The summed E-state index contributed by atoms with van der Waals surface area (Å²) >= 11 is 9.39. The zero-order chi connectivity index (χ0) is 24.7. The van der Waals surface area contributed by atoms with Gasteiger partial charge in [0.2, 0.25) is 5.91 Å². The van der Waals surface area contributed by atoms with E-state index in [2.05, 4.69) is 31.8 Å². The Morgan fingerprint density at radius 1 is 0.971 bits per heavy atom. The summed E-state index contributed by atoms with van der Waals surface area (Å²) in [6.07, 6.45) is 1.34. The van der Waals surface area contributed by atoms with E-state index in [1.54, 1.807) is 80.6 Å². The molecule has 0 saturated carbocycles. The van der Waals surface area contributed by atoms with E-state index in [1.165, 1.54) is 6.21 Å². The maximum absolute atomic E-state index is 12.5. The number of hydrogen-bond acceptors (Lipinski definition) is 5. The summed E-state index contributed by atoms with van der Waals surface area (Å²) in [7, 11) is 0. The zero-order valence-corrected chi connectivity index (χ0v) is 20.7. The molecule has 7 nitrogen and oxygen atoms in total. The molecular formula is C25H21BrClN3O4. The number of esters is 1. The summed E-state index contributed by atoms with van der Waals surface area (Å²) in [6, 6.07) is 17.9. The maximum Gasteiger partial charge on any atom is 0.343 e. The molecule has 9 heteroatoms. The third-order valence-electron chi connectivity index (χ3n) is 4.56. The average molecular weight is 543 g/mol. The van der Waals surface area contributed by atoms with E-state index in [-0.39, 0.29) is 17.6 Å². The third-order valence-corrected chi connectivity index (χ3v) is 5.33. The Kier molecular flexibility index (Phi) is 8.56. The average Bonchev–Trinajstić information content (AvgIpc) is 2.81. The molecule has 2 amide bonds. The third kappa shape index (κ3) is 7.00. The van der Waals surface area contributed by atoms with Crippen LogP contribution in [0.5, 0.6) is 5.75 Å². The summed E-state index contributed by atoms with van der Waals surface area (Å²) in [5.41, 5.74) is 4.15. The second-order valence-electron chi connectivity index (χ2n) is 7.50. The standard InChI is InChI=1S/C25H21BrClN3O4/c1-15(2)23(31)29-21-10-5-16(6-11-21)24(32)30-28-14-18-13-20(27)9-12-22(18)34-25(33)17-3-7-19(26)8-4-17/h3-15H,1-2H3,(H,29,31)(H,30,32)/b28-14+. The van der Waals surface area contributed by atoms with Crippen molar-refractivity contribution in [1.82, 2.24) is 5.43 Å². The number of amides is 2. The topological polar surface area (TPSA) is 96.9 Å². The van der Waals surface area contributed by atoms with Crippen LogP contribution in [0.15, 0.2) is 76.3 Å². The number of nitrogens with one attached hydrogen (secondary N) is 2. The van der Waals surface area contributed by atoms with Crippen molar-refractivity contribution in [2.24, 2.45) is 11.0 Å². The normalized spacial score (nSPS) is 10.9. The molecule has 2 N–H and O–H groups in total. The highest BCUT2D eigenvalue weighted by Crippen LogP contribution is 2.23. The lowest BCUT2D eigenvalue weighted by atomic mass is 10.1. The van der Waals surface area contributed by atoms with Gasteiger partial charge in [-0.25, -0.2) is 10.2 Å². The minimum Gasteiger partial charge on any atom is -0.422 e. The fourth-order valence-corrected chi connectivity index (χ4v) is 3.12. The Hall–Kier alpha value is -3.49. The number of hydrogen-bond donors (Lipinski definition) is 2. The number of ether oxygens (including phenoxy) is 1. The number of benzene rings is 3. The van der Waals surface area contributed by atoms with Crippen molar-refractivity contribution >= 4 is 57.2 Å². The Labute approximate surface area is 210 Å². The molecule has 34 heavy (non-hydrogen) atoms. The predicted octanol–water partition coefficient (Wildman–Crippen LogP) is 5.68. The first-order chi connectivity index (χ1) is 16.2. The lowest BCUT2D eigenvalue weighted by Gasteiger charge is -2.09. The van der Waals surface area contributed by atoms with Crippen molar-refractivity contribution in [2.45, 2.75) is 13.8 Å². The molecule has 0 heterocycles. The molecule has 0 aliphatic heterocycles. The SMILES string of the molecule is CC(C)C(=O)Nc1ccc(C(=O)N/N=C/c2cc(Cl)ccc2OC(=O)c2ccc(Br)cc2)cc1. The number of rotatable bonds is 7. The number of anilines is 1. The molecule has 0 saturated heterocycles. The molecule has 3 aromatic carbocycles. The second-order valence-corrected chi connectivity index (χ2v) is 8.85. The van der Waals surface area contributed by atoms with Crippen molar-refractivity contribution in [3.05, 3.63) is 92.9 Å². The van der Waals surface area contributed by atoms with Gasteiger partial charge in [-0.3, -0.25) is 9.59 Å². The van der Waals surface area contributed by atoms with Gasteiger partial charge in [0.1, 0.15) is 5.75 Å². The van der Waals surface area contributed by atoms with Gasteiger partial charge in [-0.1, -0.05) is 41.4 Å². The van der Waals surface area contributed by atoms with Crippen LogP contribution in [-0.4, -0.2) is 24.0 Å². The van der Waals surface area contributed by atoms with Crippen LogP contribution in [0.25, 0.3) is 0 Å². The predicted molar refractivity (Wildman–Crippen MR) is 136 cm³/mol. The van der Waals surface area contributed by atoms with Crippen LogP contribution in [0, 0.1) is 5.92 Å². The summed E-state index contributed by atoms with van der Waals surface area (Å²) in [5, 5.41) is 7.12. The van der Waals surface area contributed by atoms with Crippen LogP contribution in [0.1, 0.15) is 40.1 Å². The number of carbonyl (C=O) groups is 3. The lowest BCUT2D eigenvalue weighted by molar-refractivity contribution is -0.118. The van der Waals surface area contributed by atoms with Gasteiger partial charge in [-0.15, -0.1) is 0 Å². The Morgan fingerprint density at radius 3 is 2.26 bits per heavy atom. The van der Waals surface area contributed by atoms with Crippen LogP contribution in [0.3, 0.4) is 0 Å². The van der Waals surface area contributed by atoms with Crippen molar-refractivity contribution < 1.29 is 19.1 Å². The maximum atomic E-state index is 12.5. The first-order valence-corrected chi connectivity index (χ1v) is 11.4. The molecule has 0 radical (unpaired) electrons. The van der Waals surface area contributed by atoms with Gasteiger partial charge < -0.3 is 10.1 Å². The zero-order valence-electron chi connectivity index (χ0n) is 18.3. The molecular weight excluding hydrogens is 522 g/mol. The van der Waals surface area contributed by atoms with Gasteiger partial charge in [0, 0.05) is 32.2 Å². The lowest BCUT2D eigenvalue weighted by Crippen LogP contribution is -2.19. The van der Waals surface area contributed by atoms with Crippen molar-refractivity contribution in [2.75, 3.05) is 5.32 Å². The summed E-state index contributed by atoms with van der Waals surface area (Å²) in [6.45, 7) is 3.59. The van der Waals surface area contributed by atoms with E-state index in [9.17, 15) is 14.4 Å². The minimum atomic E-state index is -0.543. The van der Waals surface area contributed by atoms with Crippen molar-refractivity contribution in [3.8, 4) is 5.75 Å². The van der Waals surface area contributed by atoms with Crippen molar-refractivity contribution in [1.29, 1.82) is 0 Å². The van der Waals surface area contributed by atoms with Crippen LogP contribution >= 0.6 is 27.5 Å². The number of carbonyl (C=O) groups excluding carboxylic acids is 3. The van der Waals surface area contributed by atoms with E-state index in [0.717, 1.165) is 4.47 Å². The van der Waals surface area contributed by atoms with Crippen LogP contribution in [-0.2, 0) is 4.79 Å². The van der Waals surface area contributed by atoms with Crippen LogP contribution in [0.2, 0.25) is 5.02 Å². The number of halogens is 2. The Bertz CT molecular complexity index is 1230. The van der Waals surface area contributed by atoms with Gasteiger partial charge in [0.15, 0.2) is 0 Å². The Balaban J connectivity index is 1.66. The van der Waals surface area contributed by atoms with E-state index in [4.69, 9.17) is 16.3 Å². The van der Waals surface area contributed by atoms with E-state index >= 15 is 0 Å². The van der Waals surface area contributed by atoms with E-state index in [1.807, 2.05) is 0 Å². The quantitative estimate of drug-likeness (QED) is 0.174.